The Labute approximate surface area is 220 Å². The molecule has 3 aromatic rings. The molecule has 3 aliphatic rings. The average Bonchev–Trinajstić information content (AvgIpc) is 3.51. The minimum absolute atomic E-state index is 0.00160. The Kier molecular flexibility index (Phi) is 6.81. The number of hydrogen-bond acceptors (Lipinski definition) is 10. The number of hydrogen-bond donors (Lipinski definition) is 1. The molecule has 202 valence electrons. The molecule has 0 amide bonds. The maximum absolute atomic E-state index is 14.3. The van der Waals surface area contributed by atoms with Crippen molar-refractivity contribution < 1.29 is 32.3 Å². The zero-order valence-electron chi connectivity index (χ0n) is 21.1. The number of aromatic nitrogens is 2. The van der Waals surface area contributed by atoms with E-state index in [1.807, 2.05) is 6.92 Å². The highest BCUT2D eigenvalue weighted by atomic mass is 32.2. The second-order valence-electron chi connectivity index (χ2n) is 9.47. The van der Waals surface area contributed by atoms with Crippen LogP contribution in [0.3, 0.4) is 0 Å². The van der Waals surface area contributed by atoms with Crippen LogP contribution in [0.4, 0.5) is 21.6 Å². The summed E-state index contributed by atoms with van der Waals surface area (Å²) in [5.74, 6) is 1.63. The van der Waals surface area contributed by atoms with Gasteiger partial charge in [-0.1, -0.05) is 0 Å². The first kappa shape index (κ1) is 25.2. The lowest BCUT2D eigenvalue weighted by Crippen LogP contribution is -2.32. The number of nitrogens with zero attached hydrogens (tertiary/aromatic N) is 3. The lowest BCUT2D eigenvalue weighted by Gasteiger charge is -2.21. The van der Waals surface area contributed by atoms with Gasteiger partial charge in [-0.05, 0) is 31.5 Å². The first-order valence-corrected chi connectivity index (χ1v) is 14.4. The summed E-state index contributed by atoms with van der Waals surface area (Å²) in [7, 11) is -0.909. The van der Waals surface area contributed by atoms with Crippen LogP contribution in [0.1, 0.15) is 12.0 Å². The zero-order chi connectivity index (χ0) is 26.3. The Morgan fingerprint density at radius 3 is 2.82 bits per heavy atom. The number of nitrogens with one attached hydrogen (secondary N) is 1. The van der Waals surface area contributed by atoms with Gasteiger partial charge in [0.2, 0.25) is 0 Å². The van der Waals surface area contributed by atoms with Crippen LogP contribution in [-0.4, -0.2) is 77.5 Å². The average molecular weight is 545 g/mol. The highest BCUT2D eigenvalue weighted by molar-refractivity contribution is 7.93. The van der Waals surface area contributed by atoms with Gasteiger partial charge in [0.1, 0.15) is 41.3 Å². The monoisotopic (exact) mass is 544 g/mol. The van der Waals surface area contributed by atoms with Gasteiger partial charge < -0.3 is 29.0 Å². The third kappa shape index (κ3) is 4.77. The number of ether oxygens (including phenoxy) is 5. The summed E-state index contributed by atoms with van der Waals surface area (Å²) in [5, 5.41) is 3.99. The summed E-state index contributed by atoms with van der Waals surface area (Å²) < 4.78 is 61.0. The Hall–Kier alpha value is -3.06. The topological polar surface area (TPSA) is 113 Å². The molecular formula is C26H29FN4O6S. The Bertz CT molecular complexity index is 1480. The van der Waals surface area contributed by atoms with Gasteiger partial charge in [0, 0.05) is 23.6 Å². The zero-order valence-corrected chi connectivity index (χ0v) is 22.0. The van der Waals surface area contributed by atoms with Crippen molar-refractivity contribution in [2.24, 2.45) is 4.36 Å². The molecule has 0 spiro atoms. The molecule has 3 atom stereocenters. The highest BCUT2D eigenvalue weighted by Gasteiger charge is 2.43. The maximum atomic E-state index is 14.3. The van der Waals surface area contributed by atoms with Gasteiger partial charge in [0.05, 0.1) is 65.5 Å². The van der Waals surface area contributed by atoms with E-state index in [0.29, 0.717) is 77.5 Å². The molecule has 6 rings (SSSR count). The molecule has 38 heavy (non-hydrogen) atoms. The van der Waals surface area contributed by atoms with Gasteiger partial charge in [-0.15, -0.1) is 0 Å². The third-order valence-electron chi connectivity index (χ3n) is 7.06. The van der Waals surface area contributed by atoms with E-state index in [-0.39, 0.29) is 18.3 Å². The summed E-state index contributed by atoms with van der Waals surface area (Å²) in [4.78, 5) is 8.91. The SMILES string of the molecule is COc1c(N=S2(=O)CCOCC2)cc2ncnc(Nc3ccc(F)cc3O[C@@H]3CO[C@@H]4CCO[C@@H]43)c2c1C. The van der Waals surface area contributed by atoms with E-state index >= 15 is 0 Å². The number of halogens is 1. The van der Waals surface area contributed by atoms with Gasteiger partial charge in [-0.2, -0.15) is 4.36 Å². The lowest BCUT2D eigenvalue weighted by molar-refractivity contribution is 0.0310. The van der Waals surface area contributed by atoms with E-state index in [4.69, 9.17) is 23.7 Å². The predicted molar refractivity (Wildman–Crippen MR) is 140 cm³/mol. The van der Waals surface area contributed by atoms with Crippen molar-refractivity contribution in [3.8, 4) is 11.5 Å². The van der Waals surface area contributed by atoms with Crippen molar-refractivity contribution in [2.45, 2.75) is 31.7 Å². The van der Waals surface area contributed by atoms with Crippen molar-refractivity contribution in [3.05, 3.63) is 42.0 Å². The highest BCUT2D eigenvalue weighted by Crippen LogP contribution is 2.41. The number of aryl methyl sites for hydroxylation is 1. The fraction of sp³-hybridized carbons (Fsp3) is 0.462. The van der Waals surface area contributed by atoms with Crippen molar-refractivity contribution >= 4 is 37.8 Å². The lowest BCUT2D eigenvalue weighted by atomic mass is 10.1. The molecular weight excluding hydrogens is 515 g/mol. The molecule has 3 aliphatic heterocycles. The summed E-state index contributed by atoms with van der Waals surface area (Å²) in [6.45, 7) is 3.70. The minimum atomic E-state index is -2.46. The van der Waals surface area contributed by atoms with E-state index in [0.717, 1.165) is 12.0 Å². The molecule has 4 heterocycles. The molecule has 12 heteroatoms. The van der Waals surface area contributed by atoms with Gasteiger partial charge in [-0.25, -0.2) is 18.6 Å². The number of methoxy groups -OCH3 is 1. The molecule has 1 aromatic heterocycles. The van der Waals surface area contributed by atoms with E-state index in [1.165, 1.54) is 18.5 Å². The quantitative estimate of drug-likeness (QED) is 0.494. The molecule has 0 bridgehead atoms. The van der Waals surface area contributed by atoms with Crippen LogP contribution in [0.2, 0.25) is 0 Å². The fourth-order valence-electron chi connectivity index (χ4n) is 5.17. The smallest absolute Gasteiger partial charge is 0.151 e. The molecule has 0 aliphatic carbocycles. The molecule has 0 saturated carbocycles. The van der Waals surface area contributed by atoms with Gasteiger partial charge >= 0.3 is 0 Å². The number of rotatable bonds is 6. The second-order valence-corrected chi connectivity index (χ2v) is 12.0. The molecule has 2 aromatic carbocycles. The first-order chi connectivity index (χ1) is 18.4. The van der Waals surface area contributed by atoms with E-state index < -0.39 is 15.5 Å². The summed E-state index contributed by atoms with van der Waals surface area (Å²) in [6.07, 6.45) is 1.73. The first-order valence-electron chi connectivity index (χ1n) is 12.5. The summed E-state index contributed by atoms with van der Waals surface area (Å²) >= 11 is 0. The van der Waals surface area contributed by atoms with E-state index in [1.54, 1.807) is 19.2 Å². The molecule has 3 saturated heterocycles. The van der Waals surface area contributed by atoms with Crippen LogP contribution in [0.15, 0.2) is 35.0 Å². The molecule has 1 N–H and O–H groups in total. The fourth-order valence-corrected chi connectivity index (χ4v) is 6.81. The third-order valence-corrected chi connectivity index (χ3v) is 9.19. The largest absolute Gasteiger partial charge is 0.494 e. The van der Waals surface area contributed by atoms with Crippen LogP contribution in [0, 0.1) is 12.7 Å². The molecule has 3 fully saturated rings. The van der Waals surface area contributed by atoms with Gasteiger partial charge in [0.15, 0.2) is 6.10 Å². The van der Waals surface area contributed by atoms with Crippen molar-refractivity contribution in [2.75, 3.05) is 50.4 Å². The maximum Gasteiger partial charge on any atom is 0.151 e. The molecule has 10 nitrogen and oxygen atoms in total. The summed E-state index contributed by atoms with van der Waals surface area (Å²) in [5.41, 5.74) is 2.35. The minimum Gasteiger partial charge on any atom is -0.494 e. The number of anilines is 2. The second kappa shape index (κ2) is 10.3. The normalized spacial score (nSPS) is 24.2. The number of benzene rings is 2. The van der Waals surface area contributed by atoms with Crippen LogP contribution >= 0.6 is 0 Å². The summed E-state index contributed by atoms with van der Waals surface area (Å²) in [6, 6.07) is 6.05. The Balaban J connectivity index is 1.37. The van der Waals surface area contributed by atoms with E-state index in [2.05, 4.69) is 19.6 Å². The molecule has 0 radical (unpaired) electrons. The van der Waals surface area contributed by atoms with Gasteiger partial charge in [-0.3, -0.25) is 0 Å². The van der Waals surface area contributed by atoms with Crippen LogP contribution in [0.25, 0.3) is 10.9 Å². The van der Waals surface area contributed by atoms with Crippen LogP contribution in [0.5, 0.6) is 11.5 Å². The van der Waals surface area contributed by atoms with Crippen LogP contribution < -0.4 is 14.8 Å². The Morgan fingerprint density at radius 2 is 2.00 bits per heavy atom. The van der Waals surface area contributed by atoms with E-state index in [9.17, 15) is 8.60 Å². The van der Waals surface area contributed by atoms with Crippen LogP contribution in [-0.2, 0) is 23.9 Å². The van der Waals surface area contributed by atoms with Crippen molar-refractivity contribution in [1.82, 2.24) is 9.97 Å². The van der Waals surface area contributed by atoms with Crippen molar-refractivity contribution in [1.29, 1.82) is 0 Å². The molecule has 0 unspecified atom stereocenters. The Morgan fingerprint density at radius 1 is 1.16 bits per heavy atom. The van der Waals surface area contributed by atoms with Gasteiger partial charge in [0.25, 0.3) is 0 Å². The standard InChI is InChI=1S/C26H29FN4O6S/c1-15-23-18(12-19(24(15)33-2)31-38(32)9-7-34-8-10-38)28-14-29-26(23)30-17-4-3-16(27)11-21(17)37-22-13-36-20-5-6-35-25(20)22/h3-4,11-12,14,20,22,25H,5-10,13H2,1-2H3,(H,28,29,30)/t20-,22-,25+/m1/s1. The van der Waals surface area contributed by atoms with Crippen molar-refractivity contribution in [3.63, 3.8) is 0 Å². The number of fused-ring (bicyclic) bond motifs is 2. The predicted octanol–water partition coefficient (Wildman–Crippen LogP) is 3.89.